The maximum Gasteiger partial charge on any atom is 0.257 e. The van der Waals surface area contributed by atoms with E-state index in [1.807, 2.05) is 24.8 Å². The molecule has 5 nitrogen and oxygen atoms in total. The number of carbonyl (C=O) groups is 2. The van der Waals surface area contributed by atoms with E-state index in [1.165, 1.54) is 0 Å². The van der Waals surface area contributed by atoms with E-state index in [4.69, 9.17) is 4.42 Å². The van der Waals surface area contributed by atoms with Crippen LogP contribution in [0.3, 0.4) is 0 Å². The van der Waals surface area contributed by atoms with Crippen molar-refractivity contribution in [3.05, 3.63) is 23.2 Å². The van der Waals surface area contributed by atoms with Gasteiger partial charge >= 0.3 is 0 Å². The van der Waals surface area contributed by atoms with Crippen LogP contribution in [0, 0.1) is 24.2 Å². The first-order valence-electron chi connectivity index (χ1n) is 9.99. The van der Waals surface area contributed by atoms with Crippen LogP contribution in [0.4, 0.5) is 0 Å². The number of carbonyl (C=O) groups excluding carboxylic acids is 2. The molecule has 26 heavy (non-hydrogen) atoms. The zero-order valence-corrected chi connectivity index (χ0v) is 16.4. The van der Waals surface area contributed by atoms with Gasteiger partial charge in [-0.2, -0.15) is 0 Å². The van der Waals surface area contributed by atoms with Crippen molar-refractivity contribution in [3.63, 3.8) is 0 Å². The van der Waals surface area contributed by atoms with Crippen molar-refractivity contribution in [1.29, 1.82) is 0 Å². The van der Waals surface area contributed by atoms with Gasteiger partial charge in [0.05, 0.1) is 5.56 Å². The molecule has 3 unspecified atom stereocenters. The number of likely N-dealkylation sites (tertiary alicyclic amines) is 2. The van der Waals surface area contributed by atoms with Gasteiger partial charge in [0.25, 0.3) is 5.91 Å². The zero-order chi connectivity index (χ0) is 18.6. The molecule has 0 spiro atoms. The van der Waals surface area contributed by atoms with E-state index in [-0.39, 0.29) is 23.3 Å². The summed E-state index contributed by atoms with van der Waals surface area (Å²) in [5.41, 5.74) is 0.814. The van der Waals surface area contributed by atoms with E-state index in [1.54, 1.807) is 0 Å². The standard InChI is InChI=1S/C21H30N2O3/c1-5-16-9-17(13(2)26-16)19(24)22-10-14-8-15(12-22)23(11-14)20(25)18-6-7-21(18,3)4/h9,14-15,18H,5-8,10-12H2,1-4H3. The van der Waals surface area contributed by atoms with Crippen molar-refractivity contribution >= 4 is 11.8 Å². The third kappa shape index (κ3) is 2.76. The second-order valence-electron chi connectivity index (χ2n) is 9.07. The summed E-state index contributed by atoms with van der Waals surface area (Å²) in [6.45, 7) is 10.5. The Labute approximate surface area is 155 Å². The number of piperidine rings is 1. The van der Waals surface area contributed by atoms with E-state index in [2.05, 4.69) is 18.7 Å². The molecule has 3 atom stereocenters. The van der Waals surface area contributed by atoms with Crippen LogP contribution in [0.25, 0.3) is 0 Å². The minimum atomic E-state index is 0.0546. The third-order valence-electron chi connectivity index (χ3n) is 6.85. The normalized spacial score (nSPS) is 29.6. The van der Waals surface area contributed by atoms with Crippen LogP contribution in [-0.2, 0) is 11.2 Å². The molecule has 3 fully saturated rings. The Balaban J connectivity index is 1.47. The van der Waals surface area contributed by atoms with E-state index in [0.717, 1.165) is 44.5 Å². The number of furan rings is 1. The zero-order valence-electron chi connectivity index (χ0n) is 16.4. The Morgan fingerprint density at radius 1 is 1.27 bits per heavy atom. The number of nitrogens with zero attached hydrogens (tertiary/aromatic N) is 2. The molecule has 3 heterocycles. The smallest absolute Gasteiger partial charge is 0.257 e. The minimum absolute atomic E-state index is 0.0546. The fraction of sp³-hybridized carbons (Fsp3) is 0.714. The largest absolute Gasteiger partial charge is 0.466 e. The average Bonchev–Trinajstić information content (AvgIpc) is 3.12. The van der Waals surface area contributed by atoms with Gasteiger partial charge in [0, 0.05) is 38.0 Å². The summed E-state index contributed by atoms with van der Waals surface area (Å²) in [6, 6.07) is 2.06. The number of rotatable bonds is 3. The first kappa shape index (κ1) is 17.6. The van der Waals surface area contributed by atoms with Gasteiger partial charge in [-0.3, -0.25) is 9.59 Å². The molecule has 2 aliphatic heterocycles. The SMILES string of the molecule is CCc1cc(C(=O)N2CC3CC(C2)N(C(=O)C2CCC2(C)C)C3)c(C)o1. The molecule has 3 aliphatic rings. The second-order valence-corrected chi connectivity index (χ2v) is 9.07. The van der Waals surface area contributed by atoms with Crippen molar-refractivity contribution in [2.45, 2.75) is 59.4 Å². The first-order valence-corrected chi connectivity index (χ1v) is 9.99. The van der Waals surface area contributed by atoms with Crippen molar-refractivity contribution in [1.82, 2.24) is 9.80 Å². The summed E-state index contributed by atoms with van der Waals surface area (Å²) in [5.74, 6) is 2.50. The Morgan fingerprint density at radius 3 is 2.62 bits per heavy atom. The topological polar surface area (TPSA) is 53.8 Å². The molecule has 1 aromatic rings. The van der Waals surface area contributed by atoms with Crippen molar-refractivity contribution in [2.75, 3.05) is 19.6 Å². The molecule has 5 heteroatoms. The molecular weight excluding hydrogens is 328 g/mol. The molecule has 1 saturated carbocycles. The summed E-state index contributed by atoms with van der Waals surface area (Å²) in [4.78, 5) is 30.1. The lowest BCUT2D eigenvalue weighted by molar-refractivity contribution is -0.146. The van der Waals surface area contributed by atoms with Gasteiger partial charge in [-0.25, -0.2) is 0 Å². The highest BCUT2D eigenvalue weighted by Gasteiger charge is 2.49. The number of hydrogen-bond acceptors (Lipinski definition) is 3. The highest BCUT2D eigenvalue weighted by Crippen LogP contribution is 2.48. The van der Waals surface area contributed by atoms with Crippen molar-refractivity contribution < 1.29 is 14.0 Å². The molecule has 0 aromatic carbocycles. The van der Waals surface area contributed by atoms with Gasteiger partial charge in [0.2, 0.25) is 5.91 Å². The maximum absolute atomic E-state index is 13.0. The van der Waals surface area contributed by atoms with Crippen LogP contribution >= 0.6 is 0 Å². The van der Waals surface area contributed by atoms with Crippen LogP contribution in [-0.4, -0.2) is 47.3 Å². The fourth-order valence-electron chi connectivity index (χ4n) is 5.02. The molecule has 0 radical (unpaired) electrons. The van der Waals surface area contributed by atoms with Crippen LogP contribution in [0.15, 0.2) is 10.5 Å². The highest BCUT2D eigenvalue weighted by molar-refractivity contribution is 5.95. The van der Waals surface area contributed by atoms with Crippen molar-refractivity contribution in [2.24, 2.45) is 17.3 Å². The lowest BCUT2D eigenvalue weighted by atomic mass is 9.62. The second kappa shape index (κ2) is 6.14. The predicted molar refractivity (Wildman–Crippen MR) is 98.8 cm³/mol. The average molecular weight is 358 g/mol. The fourth-order valence-corrected chi connectivity index (χ4v) is 5.02. The molecule has 142 valence electrons. The Kier molecular flexibility index (Phi) is 4.16. The van der Waals surface area contributed by atoms with Crippen LogP contribution in [0.2, 0.25) is 0 Å². The monoisotopic (exact) mass is 358 g/mol. The van der Waals surface area contributed by atoms with Crippen LogP contribution < -0.4 is 0 Å². The van der Waals surface area contributed by atoms with Gasteiger partial charge in [-0.05, 0) is 43.6 Å². The number of fused-ring (bicyclic) bond motifs is 2. The third-order valence-corrected chi connectivity index (χ3v) is 6.85. The Morgan fingerprint density at radius 2 is 2.04 bits per heavy atom. The van der Waals surface area contributed by atoms with E-state index in [9.17, 15) is 9.59 Å². The lowest BCUT2D eigenvalue weighted by Gasteiger charge is -2.45. The molecule has 2 amide bonds. The quantitative estimate of drug-likeness (QED) is 0.833. The molecule has 1 aliphatic carbocycles. The number of amides is 2. The molecule has 4 rings (SSSR count). The maximum atomic E-state index is 13.0. The van der Waals surface area contributed by atoms with Crippen LogP contribution in [0.1, 0.15) is 61.9 Å². The van der Waals surface area contributed by atoms with Crippen LogP contribution in [0.5, 0.6) is 0 Å². The summed E-state index contributed by atoms with van der Waals surface area (Å²) in [6.07, 6.45) is 3.97. The summed E-state index contributed by atoms with van der Waals surface area (Å²) >= 11 is 0. The lowest BCUT2D eigenvalue weighted by Crippen LogP contribution is -2.51. The van der Waals surface area contributed by atoms with E-state index < -0.39 is 0 Å². The number of hydrogen-bond donors (Lipinski definition) is 0. The molecular formula is C21H30N2O3. The molecule has 2 bridgehead atoms. The van der Waals surface area contributed by atoms with Gasteiger partial charge < -0.3 is 14.2 Å². The molecule has 0 N–H and O–H groups in total. The van der Waals surface area contributed by atoms with E-state index in [0.29, 0.717) is 29.7 Å². The Bertz CT molecular complexity index is 736. The van der Waals surface area contributed by atoms with Gasteiger partial charge in [-0.15, -0.1) is 0 Å². The molecule has 1 aromatic heterocycles. The van der Waals surface area contributed by atoms with Crippen molar-refractivity contribution in [3.8, 4) is 0 Å². The summed E-state index contributed by atoms with van der Waals surface area (Å²) in [7, 11) is 0. The van der Waals surface area contributed by atoms with Gasteiger partial charge in [0.1, 0.15) is 11.5 Å². The first-order chi connectivity index (χ1) is 12.3. The predicted octanol–water partition coefficient (Wildman–Crippen LogP) is 3.26. The number of aryl methyl sites for hydroxylation is 2. The van der Waals surface area contributed by atoms with E-state index >= 15 is 0 Å². The van der Waals surface area contributed by atoms with Gasteiger partial charge in [-0.1, -0.05) is 20.8 Å². The minimum Gasteiger partial charge on any atom is -0.466 e. The summed E-state index contributed by atoms with van der Waals surface area (Å²) in [5, 5.41) is 0. The highest BCUT2D eigenvalue weighted by atomic mass is 16.3. The van der Waals surface area contributed by atoms with Gasteiger partial charge in [0.15, 0.2) is 0 Å². The summed E-state index contributed by atoms with van der Waals surface area (Å²) < 4.78 is 5.67. The molecule has 2 saturated heterocycles. The Hall–Kier alpha value is -1.78.